The van der Waals surface area contributed by atoms with Gasteiger partial charge in [0.05, 0.1) is 16.6 Å². The third-order valence-electron chi connectivity index (χ3n) is 5.18. The van der Waals surface area contributed by atoms with Crippen LogP contribution in [-0.2, 0) is 23.5 Å². The van der Waals surface area contributed by atoms with Gasteiger partial charge in [-0.25, -0.2) is 8.42 Å². The van der Waals surface area contributed by atoms with E-state index in [0.717, 1.165) is 11.1 Å². The molecule has 0 fully saturated rings. The van der Waals surface area contributed by atoms with E-state index in [2.05, 4.69) is 5.10 Å². The number of fused-ring (bicyclic) bond motifs is 2. The van der Waals surface area contributed by atoms with Crippen molar-refractivity contribution in [2.75, 3.05) is 13.3 Å². The predicted molar refractivity (Wildman–Crippen MR) is 102 cm³/mol. The molecule has 0 spiro atoms. The summed E-state index contributed by atoms with van der Waals surface area (Å²) >= 11 is 0. The van der Waals surface area contributed by atoms with E-state index in [9.17, 15) is 8.42 Å². The number of aryl methyl sites for hydroxylation is 1. The van der Waals surface area contributed by atoms with Gasteiger partial charge in [-0.2, -0.15) is 9.40 Å². The maximum absolute atomic E-state index is 13.5. The Bertz CT molecular complexity index is 1140. The number of benzene rings is 2. The molecule has 2 aliphatic heterocycles. The van der Waals surface area contributed by atoms with Gasteiger partial charge in [0, 0.05) is 19.8 Å². The number of hydrogen-bond donors (Lipinski definition) is 0. The van der Waals surface area contributed by atoms with E-state index in [1.54, 1.807) is 35.0 Å². The van der Waals surface area contributed by atoms with Crippen molar-refractivity contribution in [3.63, 3.8) is 0 Å². The summed E-state index contributed by atoms with van der Waals surface area (Å²) in [5, 5.41) is 4.52. The summed E-state index contributed by atoms with van der Waals surface area (Å²) in [5.41, 5.74) is 2.62. The highest BCUT2D eigenvalue weighted by Gasteiger charge is 2.39. The molecule has 0 amide bonds. The molecule has 0 N–H and O–H groups in total. The van der Waals surface area contributed by atoms with Crippen LogP contribution in [0.3, 0.4) is 0 Å². The van der Waals surface area contributed by atoms with Gasteiger partial charge in [0.25, 0.3) is 0 Å². The summed E-state index contributed by atoms with van der Waals surface area (Å²) in [6.07, 6.45) is 2.42. The lowest BCUT2D eigenvalue weighted by Gasteiger charge is -2.35. The summed E-state index contributed by atoms with van der Waals surface area (Å²) in [6.45, 7) is 0.545. The molecule has 8 heteroatoms. The molecular formula is C20H19N3O4S. The fraction of sp³-hybridized carbons (Fsp3) is 0.250. The first kappa shape index (κ1) is 17.3. The Morgan fingerprint density at radius 3 is 2.54 bits per heavy atom. The molecule has 2 aromatic carbocycles. The van der Waals surface area contributed by atoms with Gasteiger partial charge in [0.2, 0.25) is 16.8 Å². The van der Waals surface area contributed by atoms with Crippen LogP contribution in [0.25, 0.3) is 0 Å². The molecule has 1 aromatic heterocycles. The zero-order valence-corrected chi connectivity index (χ0v) is 16.1. The predicted octanol–water partition coefficient (Wildman–Crippen LogP) is 2.49. The smallest absolute Gasteiger partial charge is 0.244 e. The van der Waals surface area contributed by atoms with Crippen molar-refractivity contribution in [2.24, 2.45) is 7.05 Å². The Labute approximate surface area is 163 Å². The van der Waals surface area contributed by atoms with E-state index < -0.39 is 16.1 Å². The molecular weight excluding hydrogens is 378 g/mol. The van der Waals surface area contributed by atoms with Gasteiger partial charge in [-0.3, -0.25) is 4.68 Å². The zero-order valence-electron chi connectivity index (χ0n) is 15.3. The van der Waals surface area contributed by atoms with E-state index >= 15 is 0 Å². The fourth-order valence-electron chi connectivity index (χ4n) is 3.86. The number of hydrogen-bond acceptors (Lipinski definition) is 5. The van der Waals surface area contributed by atoms with Crippen LogP contribution in [0, 0.1) is 0 Å². The second kappa shape index (κ2) is 6.35. The molecule has 144 valence electrons. The lowest BCUT2D eigenvalue weighted by Crippen LogP contribution is -2.40. The molecule has 0 bridgehead atoms. The first-order valence-electron chi connectivity index (χ1n) is 9.03. The average Bonchev–Trinajstić information content (AvgIpc) is 3.34. The molecule has 5 rings (SSSR count). The number of nitrogens with zero attached hydrogens (tertiary/aromatic N) is 3. The van der Waals surface area contributed by atoms with Crippen LogP contribution >= 0.6 is 0 Å². The monoisotopic (exact) mass is 397 g/mol. The van der Waals surface area contributed by atoms with Crippen LogP contribution in [0.4, 0.5) is 0 Å². The summed E-state index contributed by atoms with van der Waals surface area (Å²) in [6, 6.07) is 13.7. The molecule has 1 unspecified atom stereocenters. The number of sulfonamides is 1. The van der Waals surface area contributed by atoms with Crippen molar-refractivity contribution in [3.05, 3.63) is 71.5 Å². The van der Waals surface area contributed by atoms with Gasteiger partial charge in [-0.1, -0.05) is 18.2 Å². The minimum absolute atomic E-state index is 0.179. The van der Waals surface area contributed by atoms with Crippen LogP contribution in [0.15, 0.2) is 59.6 Å². The van der Waals surface area contributed by atoms with E-state index in [1.807, 2.05) is 31.4 Å². The molecule has 0 saturated heterocycles. The highest BCUT2D eigenvalue weighted by molar-refractivity contribution is 7.89. The lowest BCUT2D eigenvalue weighted by molar-refractivity contribution is 0.174. The van der Waals surface area contributed by atoms with Gasteiger partial charge in [0.15, 0.2) is 11.5 Å². The first-order valence-corrected chi connectivity index (χ1v) is 10.5. The van der Waals surface area contributed by atoms with Gasteiger partial charge < -0.3 is 9.47 Å². The second-order valence-electron chi connectivity index (χ2n) is 6.90. The molecule has 7 nitrogen and oxygen atoms in total. The molecule has 3 heterocycles. The molecule has 1 atom stereocenters. The quantitative estimate of drug-likeness (QED) is 0.679. The Balaban J connectivity index is 1.68. The van der Waals surface area contributed by atoms with Crippen molar-refractivity contribution < 1.29 is 17.9 Å². The van der Waals surface area contributed by atoms with Gasteiger partial charge in [-0.15, -0.1) is 0 Å². The van der Waals surface area contributed by atoms with Crippen LogP contribution in [0.5, 0.6) is 11.5 Å². The van der Waals surface area contributed by atoms with Crippen LogP contribution in [0.2, 0.25) is 0 Å². The fourth-order valence-corrected chi connectivity index (χ4v) is 5.46. The van der Waals surface area contributed by atoms with Crippen LogP contribution in [0.1, 0.15) is 22.9 Å². The van der Waals surface area contributed by atoms with Gasteiger partial charge in [-0.05, 0) is 47.9 Å². The molecule has 0 radical (unpaired) electrons. The van der Waals surface area contributed by atoms with Gasteiger partial charge >= 0.3 is 0 Å². The summed E-state index contributed by atoms with van der Waals surface area (Å²) in [4.78, 5) is 0.278. The van der Waals surface area contributed by atoms with Crippen molar-refractivity contribution in [1.82, 2.24) is 14.1 Å². The Morgan fingerprint density at radius 2 is 1.82 bits per heavy atom. The van der Waals surface area contributed by atoms with Crippen LogP contribution < -0.4 is 9.47 Å². The Morgan fingerprint density at radius 1 is 1.07 bits per heavy atom. The van der Waals surface area contributed by atoms with E-state index in [1.165, 1.54) is 4.31 Å². The maximum Gasteiger partial charge on any atom is 0.244 e. The van der Waals surface area contributed by atoms with Crippen molar-refractivity contribution in [1.29, 1.82) is 0 Å². The first-order chi connectivity index (χ1) is 13.5. The zero-order chi connectivity index (χ0) is 19.3. The van der Waals surface area contributed by atoms with E-state index in [-0.39, 0.29) is 11.7 Å². The summed E-state index contributed by atoms with van der Waals surface area (Å²) in [7, 11) is -1.87. The standard InChI is InChI=1S/C20H19N3O4S/c1-22-9-8-17(21-22)20-16-12-19-18(26-13-27-19)11-14(16)7-10-23(20)28(24,25)15-5-3-2-4-6-15/h2-6,8-9,11-12,20H,7,10,13H2,1H3. The average molecular weight is 397 g/mol. The normalized spacial score (nSPS) is 18.8. The highest BCUT2D eigenvalue weighted by atomic mass is 32.2. The second-order valence-corrected chi connectivity index (χ2v) is 8.79. The van der Waals surface area contributed by atoms with E-state index in [0.29, 0.717) is 30.2 Å². The number of ether oxygens (including phenoxy) is 2. The summed E-state index contributed by atoms with van der Waals surface area (Å²) in [5.74, 6) is 1.34. The minimum Gasteiger partial charge on any atom is -0.454 e. The topological polar surface area (TPSA) is 73.7 Å². The Hall–Kier alpha value is -2.84. The van der Waals surface area contributed by atoms with Gasteiger partial charge in [0.1, 0.15) is 0 Å². The SMILES string of the molecule is Cn1ccc(C2c3cc4c(cc3CCN2S(=O)(=O)c2ccccc2)OCO4)n1. The summed E-state index contributed by atoms with van der Waals surface area (Å²) < 4.78 is 41.2. The molecule has 0 aliphatic carbocycles. The molecule has 0 saturated carbocycles. The van der Waals surface area contributed by atoms with Crippen molar-refractivity contribution in [3.8, 4) is 11.5 Å². The molecule has 2 aliphatic rings. The van der Waals surface area contributed by atoms with Crippen molar-refractivity contribution in [2.45, 2.75) is 17.4 Å². The lowest BCUT2D eigenvalue weighted by atomic mass is 9.92. The number of rotatable bonds is 3. The maximum atomic E-state index is 13.5. The molecule has 28 heavy (non-hydrogen) atoms. The van der Waals surface area contributed by atoms with Crippen LogP contribution in [-0.4, -0.2) is 35.8 Å². The largest absolute Gasteiger partial charge is 0.454 e. The third-order valence-corrected chi connectivity index (χ3v) is 7.06. The number of aromatic nitrogens is 2. The van der Waals surface area contributed by atoms with Crippen molar-refractivity contribution >= 4 is 10.0 Å². The Kier molecular flexibility index (Phi) is 3.92. The van der Waals surface area contributed by atoms with E-state index in [4.69, 9.17) is 9.47 Å². The molecule has 3 aromatic rings. The highest BCUT2D eigenvalue weighted by Crippen LogP contribution is 2.43. The third kappa shape index (κ3) is 2.68. The minimum atomic E-state index is -3.69.